The summed E-state index contributed by atoms with van der Waals surface area (Å²) in [6.45, 7) is 1.37. The number of hydrogen-bond acceptors (Lipinski definition) is 2. The zero-order chi connectivity index (χ0) is 13.0. The molecule has 2 nitrogen and oxygen atoms in total. The van der Waals surface area contributed by atoms with E-state index in [0.717, 1.165) is 19.3 Å². The van der Waals surface area contributed by atoms with Crippen LogP contribution in [0.3, 0.4) is 0 Å². The fraction of sp³-hybridized carbons (Fsp3) is 0.500. The van der Waals surface area contributed by atoms with Gasteiger partial charge in [-0.2, -0.15) is 5.26 Å². The van der Waals surface area contributed by atoms with Gasteiger partial charge in [-0.25, -0.2) is 4.39 Å². The Kier molecular flexibility index (Phi) is 4.21. The monoisotopic (exact) mass is 266 g/mol. The molecule has 1 aromatic rings. The summed E-state index contributed by atoms with van der Waals surface area (Å²) in [5.74, 6) is -0.222. The molecule has 1 aromatic carbocycles. The molecule has 18 heavy (non-hydrogen) atoms. The van der Waals surface area contributed by atoms with E-state index < -0.39 is 0 Å². The second-order valence-corrected chi connectivity index (χ2v) is 5.34. The van der Waals surface area contributed by atoms with Crippen molar-refractivity contribution in [3.63, 3.8) is 0 Å². The van der Waals surface area contributed by atoms with Crippen LogP contribution in [0, 0.1) is 22.6 Å². The number of rotatable bonds is 5. The topological polar surface area (TPSA) is 35.8 Å². The Morgan fingerprint density at radius 2 is 2.22 bits per heavy atom. The van der Waals surface area contributed by atoms with Gasteiger partial charge in [-0.1, -0.05) is 18.0 Å². The second-order valence-electron chi connectivity index (χ2n) is 4.91. The molecule has 0 aliphatic heterocycles. The molecule has 0 spiro atoms. The Bertz CT molecular complexity index is 463. The largest absolute Gasteiger partial charge is 0.315 e. The van der Waals surface area contributed by atoms with Crippen molar-refractivity contribution in [2.45, 2.75) is 25.7 Å². The molecule has 4 heteroatoms. The third-order valence-corrected chi connectivity index (χ3v) is 3.83. The molecule has 0 amide bonds. The van der Waals surface area contributed by atoms with E-state index in [-0.39, 0.29) is 11.2 Å². The minimum atomic E-state index is -0.222. The van der Waals surface area contributed by atoms with Crippen LogP contribution in [0.4, 0.5) is 4.39 Å². The molecule has 1 N–H and O–H groups in total. The third kappa shape index (κ3) is 3.01. The van der Waals surface area contributed by atoms with Crippen molar-refractivity contribution in [1.29, 1.82) is 5.26 Å². The molecule has 0 bridgehead atoms. The maximum absolute atomic E-state index is 13.4. The molecule has 2 rings (SSSR count). The molecule has 1 aliphatic rings. The average molecular weight is 267 g/mol. The number of benzene rings is 1. The van der Waals surface area contributed by atoms with Gasteiger partial charge >= 0.3 is 0 Å². The van der Waals surface area contributed by atoms with Gasteiger partial charge in [0.1, 0.15) is 5.82 Å². The first-order valence-corrected chi connectivity index (χ1v) is 6.59. The van der Waals surface area contributed by atoms with E-state index in [1.807, 2.05) is 0 Å². The number of hydrogen-bond donors (Lipinski definition) is 1. The van der Waals surface area contributed by atoms with E-state index >= 15 is 0 Å². The molecule has 0 aromatic heterocycles. The van der Waals surface area contributed by atoms with Crippen molar-refractivity contribution in [1.82, 2.24) is 5.32 Å². The Balaban J connectivity index is 1.79. The first kappa shape index (κ1) is 13.3. The molecule has 0 heterocycles. The molecular formula is C14H16ClFN2. The highest BCUT2D eigenvalue weighted by molar-refractivity contribution is 6.30. The molecule has 0 atom stereocenters. The number of nitrogens with zero attached hydrogens (tertiary/aromatic N) is 1. The highest BCUT2D eigenvalue weighted by Crippen LogP contribution is 2.39. The smallest absolute Gasteiger partial charge is 0.126 e. The van der Waals surface area contributed by atoms with Crippen LogP contribution in [-0.4, -0.2) is 13.1 Å². The summed E-state index contributed by atoms with van der Waals surface area (Å²) in [6.07, 6.45) is 3.68. The van der Waals surface area contributed by atoms with Gasteiger partial charge in [-0.3, -0.25) is 0 Å². The van der Waals surface area contributed by atoms with E-state index in [1.54, 1.807) is 12.1 Å². The quantitative estimate of drug-likeness (QED) is 0.830. The summed E-state index contributed by atoms with van der Waals surface area (Å²) in [5.41, 5.74) is 0.446. The van der Waals surface area contributed by atoms with Gasteiger partial charge in [0.25, 0.3) is 0 Å². The molecule has 1 saturated carbocycles. The Labute approximate surface area is 112 Å². The van der Waals surface area contributed by atoms with Crippen LogP contribution in [0.15, 0.2) is 18.2 Å². The maximum atomic E-state index is 13.4. The van der Waals surface area contributed by atoms with Crippen LogP contribution < -0.4 is 5.32 Å². The SMILES string of the molecule is N#CC1(CNCCc2cc(Cl)ccc2F)CCC1. The minimum absolute atomic E-state index is 0.174. The van der Waals surface area contributed by atoms with Crippen molar-refractivity contribution in [2.24, 2.45) is 5.41 Å². The van der Waals surface area contributed by atoms with E-state index in [2.05, 4.69) is 11.4 Å². The fourth-order valence-corrected chi connectivity index (χ4v) is 2.41. The van der Waals surface area contributed by atoms with Crippen LogP contribution >= 0.6 is 11.6 Å². The van der Waals surface area contributed by atoms with Crippen LogP contribution in [0.5, 0.6) is 0 Å². The van der Waals surface area contributed by atoms with Gasteiger partial charge in [0, 0.05) is 11.6 Å². The lowest BCUT2D eigenvalue weighted by Crippen LogP contribution is -2.39. The second kappa shape index (κ2) is 5.69. The van der Waals surface area contributed by atoms with Gasteiger partial charge in [0.05, 0.1) is 11.5 Å². The minimum Gasteiger partial charge on any atom is -0.315 e. The molecule has 96 valence electrons. The third-order valence-electron chi connectivity index (χ3n) is 3.59. The highest BCUT2D eigenvalue weighted by Gasteiger charge is 2.36. The average Bonchev–Trinajstić information content (AvgIpc) is 2.31. The van der Waals surface area contributed by atoms with Gasteiger partial charge in [0.15, 0.2) is 0 Å². The summed E-state index contributed by atoms with van der Waals surface area (Å²) in [6, 6.07) is 6.97. The predicted molar refractivity (Wildman–Crippen MR) is 69.9 cm³/mol. The standard InChI is InChI=1S/C14H16ClFN2/c15-12-2-3-13(16)11(8-12)4-7-18-10-14(9-17)5-1-6-14/h2-3,8,18H,1,4-7,10H2. The lowest BCUT2D eigenvalue weighted by molar-refractivity contribution is 0.208. The molecular weight excluding hydrogens is 251 g/mol. The lowest BCUT2D eigenvalue weighted by atomic mass is 9.70. The van der Waals surface area contributed by atoms with Crippen LogP contribution in [-0.2, 0) is 6.42 Å². The van der Waals surface area contributed by atoms with Crippen molar-refractivity contribution in [3.8, 4) is 6.07 Å². The number of nitriles is 1. The lowest BCUT2D eigenvalue weighted by Gasteiger charge is -2.35. The Morgan fingerprint density at radius 1 is 1.44 bits per heavy atom. The van der Waals surface area contributed by atoms with E-state index in [9.17, 15) is 4.39 Å². The highest BCUT2D eigenvalue weighted by atomic mass is 35.5. The number of nitrogens with one attached hydrogen (secondary N) is 1. The van der Waals surface area contributed by atoms with Crippen molar-refractivity contribution < 1.29 is 4.39 Å². The Hall–Kier alpha value is -1.11. The zero-order valence-electron chi connectivity index (χ0n) is 10.2. The molecule has 0 radical (unpaired) electrons. The van der Waals surface area contributed by atoms with Crippen molar-refractivity contribution in [2.75, 3.05) is 13.1 Å². The molecule has 1 aliphatic carbocycles. The van der Waals surface area contributed by atoms with Crippen LogP contribution in [0.25, 0.3) is 0 Å². The first-order chi connectivity index (χ1) is 8.65. The zero-order valence-corrected chi connectivity index (χ0v) is 10.9. The fourth-order valence-electron chi connectivity index (χ4n) is 2.22. The molecule has 0 saturated heterocycles. The predicted octanol–water partition coefficient (Wildman–Crippen LogP) is 3.31. The van der Waals surface area contributed by atoms with Crippen LogP contribution in [0.1, 0.15) is 24.8 Å². The van der Waals surface area contributed by atoms with Gasteiger partial charge in [0.2, 0.25) is 0 Å². The first-order valence-electron chi connectivity index (χ1n) is 6.21. The summed E-state index contributed by atoms with van der Waals surface area (Å²) < 4.78 is 13.4. The van der Waals surface area contributed by atoms with Gasteiger partial charge in [-0.05, 0) is 49.6 Å². The normalized spacial score (nSPS) is 16.9. The summed E-state index contributed by atoms with van der Waals surface area (Å²) in [7, 11) is 0. The summed E-state index contributed by atoms with van der Waals surface area (Å²) in [5, 5.41) is 12.9. The Morgan fingerprint density at radius 3 is 2.83 bits per heavy atom. The van der Waals surface area contributed by atoms with Gasteiger partial charge in [-0.15, -0.1) is 0 Å². The van der Waals surface area contributed by atoms with Crippen molar-refractivity contribution >= 4 is 11.6 Å². The molecule has 1 fully saturated rings. The number of halogens is 2. The van der Waals surface area contributed by atoms with E-state index in [4.69, 9.17) is 16.9 Å². The maximum Gasteiger partial charge on any atom is 0.126 e. The molecule has 0 unspecified atom stereocenters. The van der Waals surface area contributed by atoms with Crippen molar-refractivity contribution in [3.05, 3.63) is 34.6 Å². The van der Waals surface area contributed by atoms with Gasteiger partial charge < -0.3 is 5.32 Å². The summed E-state index contributed by atoms with van der Waals surface area (Å²) >= 11 is 5.83. The summed E-state index contributed by atoms with van der Waals surface area (Å²) in [4.78, 5) is 0. The van der Waals surface area contributed by atoms with E-state index in [1.165, 1.54) is 6.07 Å². The van der Waals surface area contributed by atoms with E-state index in [0.29, 0.717) is 30.1 Å². The van der Waals surface area contributed by atoms with Crippen LogP contribution in [0.2, 0.25) is 5.02 Å².